The summed E-state index contributed by atoms with van der Waals surface area (Å²) in [6, 6.07) is 7.05. The van der Waals surface area contributed by atoms with Gasteiger partial charge in [-0.2, -0.15) is 0 Å². The third kappa shape index (κ3) is 4.08. The molecule has 1 amide bonds. The fourth-order valence-electron chi connectivity index (χ4n) is 1.04. The molecule has 3 N–H and O–H groups in total. The Labute approximate surface area is 94.5 Å². The van der Waals surface area contributed by atoms with Gasteiger partial charge in [-0.25, -0.2) is 4.79 Å². The summed E-state index contributed by atoms with van der Waals surface area (Å²) in [6.45, 7) is 3.53. The van der Waals surface area contributed by atoms with Crippen molar-refractivity contribution < 1.29 is 14.3 Å². The normalized spacial score (nSPS) is 9.94. The van der Waals surface area contributed by atoms with Crippen LogP contribution in [0.4, 0.5) is 10.5 Å². The van der Waals surface area contributed by atoms with Gasteiger partial charge in [-0.05, 0) is 26.0 Å². The summed E-state index contributed by atoms with van der Waals surface area (Å²) in [5, 5.41) is 2.57. The number of carbonyl (C=O) groups is 1. The minimum atomic E-state index is -0.510. The molecule has 0 fully saturated rings. The molecule has 0 saturated heterocycles. The molecule has 1 aromatic rings. The van der Waals surface area contributed by atoms with Crippen LogP contribution >= 0.6 is 0 Å². The quantitative estimate of drug-likeness (QED) is 0.603. The summed E-state index contributed by atoms with van der Waals surface area (Å²) in [7, 11) is 0. The molecule has 5 heteroatoms. The Morgan fingerprint density at radius 3 is 2.75 bits per heavy atom. The second-order valence-electron chi connectivity index (χ2n) is 3.53. The number of carbonyl (C=O) groups excluding carboxylic acids is 1. The van der Waals surface area contributed by atoms with Crippen molar-refractivity contribution in [3.8, 4) is 5.75 Å². The number of hydrogen-bond donors (Lipinski definition) is 2. The van der Waals surface area contributed by atoms with Gasteiger partial charge in [0.2, 0.25) is 6.79 Å². The Kier molecular flexibility index (Phi) is 4.44. The number of rotatable bonds is 4. The molecule has 0 atom stereocenters. The molecule has 0 aliphatic carbocycles. The predicted molar refractivity (Wildman–Crippen MR) is 61.1 cm³/mol. The number of nitrogens with one attached hydrogen (secondary N) is 1. The maximum Gasteiger partial charge on any atom is 0.410 e. The summed E-state index contributed by atoms with van der Waals surface area (Å²) in [4.78, 5) is 11.1. The topological polar surface area (TPSA) is 73.6 Å². The largest absolute Gasteiger partial charge is 0.455 e. The van der Waals surface area contributed by atoms with E-state index in [4.69, 9.17) is 15.2 Å². The van der Waals surface area contributed by atoms with Gasteiger partial charge in [-0.3, -0.25) is 0 Å². The van der Waals surface area contributed by atoms with Crippen LogP contribution in [0, 0.1) is 0 Å². The first-order valence-corrected chi connectivity index (χ1v) is 5.00. The van der Waals surface area contributed by atoms with Gasteiger partial charge < -0.3 is 20.5 Å². The van der Waals surface area contributed by atoms with Gasteiger partial charge in [0.25, 0.3) is 0 Å². The Bertz CT molecular complexity index is 353. The molecule has 0 unspecified atom stereocenters. The molecule has 1 aromatic carbocycles. The lowest BCUT2D eigenvalue weighted by molar-refractivity contribution is 0.0587. The molecular formula is C11H16N2O3. The van der Waals surface area contributed by atoms with Crippen LogP contribution in [0.5, 0.6) is 5.75 Å². The van der Waals surface area contributed by atoms with Crippen molar-refractivity contribution in [2.45, 2.75) is 19.9 Å². The molecule has 16 heavy (non-hydrogen) atoms. The van der Waals surface area contributed by atoms with Crippen LogP contribution in [0.1, 0.15) is 13.8 Å². The van der Waals surface area contributed by atoms with E-state index in [-0.39, 0.29) is 12.8 Å². The first-order chi connectivity index (χ1) is 7.59. The second kappa shape index (κ2) is 5.85. The average molecular weight is 224 g/mol. The van der Waals surface area contributed by atoms with Gasteiger partial charge in [0.05, 0.1) is 5.69 Å². The van der Waals surface area contributed by atoms with E-state index in [1.165, 1.54) is 0 Å². The van der Waals surface area contributed by atoms with Crippen LogP contribution in [0.15, 0.2) is 24.3 Å². The number of amides is 1. The van der Waals surface area contributed by atoms with Crippen molar-refractivity contribution in [3.05, 3.63) is 24.3 Å². The highest BCUT2D eigenvalue weighted by molar-refractivity contribution is 5.67. The van der Waals surface area contributed by atoms with Gasteiger partial charge in [0.1, 0.15) is 5.75 Å². The maximum absolute atomic E-state index is 11.1. The van der Waals surface area contributed by atoms with Gasteiger partial charge in [-0.1, -0.05) is 12.1 Å². The van der Waals surface area contributed by atoms with Gasteiger partial charge in [-0.15, -0.1) is 0 Å². The summed E-state index contributed by atoms with van der Waals surface area (Å²) in [6.07, 6.45) is -0.510. The molecule has 0 aliphatic heterocycles. The van der Waals surface area contributed by atoms with E-state index in [2.05, 4.69) is 5.32 Å². The highest BCUT2D eigenvalue weighted by Gasteiger charge is 2.04. The maximum atomic E-state index is 11.1. The Hall–Kier alpha value is -1.91. The van der Waals surface area contributed by atoms with Crippen molar-refractivity contribution in [1.29, 1.82) is 0 Å². The number of nitrogen functional groups attached to an aromatic ring is 1. The Morgan fingerprint density at radius 2 is 2.12 bits per heavy atom. The van der Waals surface area contributed by atoms with E-state index in [9.17, 15) is 4.79 Å². The van der Waals surface area contributed by atoms with Crippen molar-refractivity contribution in [1.82, 2.24) is 5.32 Å². The predicted octanol–water partition coefficient (Wildman–Crippen LogP) is 1.74. The molecule has 0 heterocycles. The zero-order chi connectivity index (χ0) is 12.0. The molecule has 1 rings (SSSR count). The van der Waals surface area contributed by atoms with Crippen molar-refractivity contribution >= 4 is 11.8 Å². The number of para-hydroxylation sites is 2. The zero-order valence-corrected chi connectivity index (χ0v) is 9.40. The first kappa shape index (κ1) is 12.2. The fourth-order valence-corrected chi connectivity index (χ4v) is 1.04. The Balaban J connectivity index is 2.31. The molecule has 0 aliphatic rings. The Morgan fingerprint density at radius 1 is 1.44 bits per heavy atom. The number of anilines is 1. The minimum Gasteiger partial charge on any atom is -0.455 e. The average Bonchev–Trinajstić information content (AvgIpc) is 2.19. The zero-order valence-electron chi connectivity index (χ0n) is 9.40. The highest BCUT2D eigenvalue weighted by atomic mass is 16.7. The number of benzene rings is 1. The smallest absolute Gasteiger partial charge is 0.410 e. The van der Waals surface area contributed by atoms with Crippen LogP contribution in [0.3, 0.4) is 0 Å². The van der Waals surface area contributed by atoms with Crippen LogP contribution in [-0.4, -0.2) is 18.9 Å². The van der Waals surface area contributed by atoms with Crippen molar-refractivity contribution in [2.24, 2.45) is 0 Å². The van der Waals surface area contributed by atoms with E-state index in [0.717, 1.165) is 0 Å². The monoisotopic (exact) mass is 224 g/mol. The lowest BCUT2D eigenvalue weighted by atomic mass is 10.3. The van der Waals surface area contributed by atoms with Crippen LogP contribution in [0.25, 0.3) is 0 Å². The van der Waals surface area contributed by atoms with E-state index in [1.807, 2.05) is 13.8 Å². The molecule has 0 aromatic heterocycles. The fraction of sp³-hybridized carbons (Fsp3) is 0.364. The van der Waals surface area contributed by atoms with Gasteiger partial charge in [0.15, 0.2) is 0 Å². The number of ether oxygens (including phenoxy) is 2. The molecular weight excluding hydrogens is 208 g/mol. The molecule has 0 spiro atoms. The second-order valence-corrected chi connectivity index (χ2v) is 3.53. The summed E-state index contributed by atoms with van der Waals surface area (Å²) < 4.78 is 9.96. The molecule has 0 bridgehead atoms. The van der Waals surface area contributed by atoms with Crippen molar-refractivity contribution in [2.75, 3.05) is 12.5 Å². The van der Waals surface area contributed by atoms with Gasteiger partial charge >= 0.3 is 6.09 Å². The highest BCUT2D eigenvalue weighted by Crippen LogP contribution is 2.19. The number of hydrogen-bond acceptors (Lipinski definition) is 4. The van der Waals surface area contributed by atoms with Crippen LogP contribution < -0.4 is 15.8 Å². The minimum absolute atomic E-state index is 0.0364. The van der Waals surface area contributed by atoms with Crippen LogP contribution in [-0.2, 0) is 4.74 Å². The molecule has 5 nitrogen and oxygen atoms in total. The summed E-state index contributed by atoms with van der Waals surface area (Å²) in [5.74, 6) is 0.500. The lowest BCUT2D eigenvalue weighted by Gasteiger charge is -2.11. The summed E-state index contributed by atoms with van der Waals surface area (Å²) in [5.41, 5.74) is 6.15. The molecule has 88 valence electrons. The van der Waals surface area contributed by atoms with Crippen molar-refractivity contribution in [3.63, 3.8) is 0 Å². The standard InChI is InChI=1S/C11H16N2O3/c1-8(2)13-11(14)16-7-15-10-6-4-3-5-9(10)12/h3-6,8H,7,12H2,1-2H3,(H,13,14). The van der Waals surface area contributed by atoms with E-state index in [0.29, 0.717) is 11.4 Å². The summed E-state index contributed by atoms with van der Waals surface area (Å²) >= 11 is 0. The molecule has 0 radical (unpaired) electrons. The third-order valence-corrected chi connectivity index (χ3v) is 1.73. The molecule has 0 saturated carbocycles. The van der Waals surface area contributed by atoms with Crippen LogP contribution in [0.2, 0.25) is 0 Å². The van der Waals surface area contributed by atoms with E-state index < -0.39 is 6.09 Å². The van der Waals surface area contributed by atoms with E-state index in [1.54, 1.807) is 24.3 Å². The van der Waals surface area contributed by atoms with Gasteiger partial charge in [0, 0.05) is 6.04 Å². The SMILES string of the molecule is CC(C)NC(=O)OCOc1ccccc1N. The first-order valence-electron chi connectivity index (χ1n) is 5.00. The van der Waals surface area contributed by atoms with E-state index >= 15 is 0 Å². The lowest BCUT2D eigenvalue weighted by Crippen LogP contribution is -2.31. The third-order valence-electron chi connectivity index (χ3n) is 1.73. The number of alkyl carbamates (subject to hydrolysis) is 1. The number of nitrogens with two attached hydrogens (primary N) is 1.